The number of benzene rings is 2. The Morgan fingerprint density at radius 1 is 1.14 bits per heavy atom. The maximum atomic E-state index is 13.1. The van der Waals surface area contributed by atoms with Crippen LogP contribution >= 0.6 is 12.2 Å². The van der Waals surface area contributed by atoms with E-state index in [1.165, 1.54) is 11.0 Å². The second-order valence-corrected chi connectivity index (χ2v) is 7.06. The largest absolute Gasteiger partial charge is 0.434 e. The Morgan fingerprint density at radius 2 is 1.76 bits per heavy atom. The van der Waals surface area contributed by atoms with Gasteiger partial charge in [0.1, 0.15) is 5.75 Å². The smallest absolute Gasteiger partial charge is 0.387 e. The van der Waals surface area contributed by atoms with E-state index >= 15 is 0 Å². The summed E-state index contributed by atoms with van der Waals surface area (Å²) < 4.78 is 30.5. The van der Waals surface area contributed by atoms with Crippen LogP contribution in [0.2, 0.25) is 0 Å². The summed E-state index contributed by atoms with van der Waals surface area (Å²) in [7, 11) is 3.28. The van der Waals surface area contributed by atoms with Crippen LogP contribution in [0.25, 0.3) is 0 Å². The van der Waals surface area contributed by atoms with Crippen molar-refractivity contribution in [2.24, 2.45) is 0 Å². The van der Waals surface area contributed by atoms with Gasteiger partial charge in [-0.3, -0.25) is 9.69 Å². The van der Waals surface area contributed by atoms with Gasteiger partial charge in [-0.25, -0.2) is 0 Å². The number of halogens is 2. The van der Waals surface area contributed by atoms with Gasteiger partial charge in [0.2, 0.25) is 0 Å². The molecule has 2 aromatic rings. The summed E-state index contributed by atoms with van der Waals surface area (Å²) in [5.41, 5.74) is 2.22. The number of allylic oxidation sites excluding steroid dienone is 1. The van der Waals surface area contributed by atoms with Gasteiger partial charge in [-0.2, -0.15) is 8.78 Å². The Kier molecular flexibility index (Phi) is 6.12. The maximum Gasteiger partial charge on any atom is 0.387 e. The number of anilines is 1. The number of amides is 1. The van der Waals surface area contributed by atoms with Crippen molar-refractivity contribution in [3.05, 3.63) is 71.4 Å². The third-order valence-electron chi connectivity index (χ3n) is 4.58. The first kappa shape index (κ1) is 20.7. The van der Waals surface area contributed by atoms with Gasteiger partial charge >= 0.3 is 6.61 Å². The first-order valence-electron chi connectivity index (χ1n) is 8.93. The predicted octanol–water partition coefficient (Wildman–Crippen LogP) is 4.09. The Hall–Kier alpha value is -3.00. The van der Waals surface area contributed by atoms with Gasteiger partial charge in [-0.1, -0.05) is 36.4 Å². The molecule has 5 nitrogen and oxygen atoms in total. The number of para-hydroxylation sites is 2. The number of thiocarbonyl (C=S) groups is 1. The summed E-state index contributed by atoms with van der Waals surface area (Å²) in [4.78, 5) is 16.3. The van der Waals surface area contributed by atoms with Gasteiger partial charge in [0.15, 0.2) is 5.11 Å². The zero-order chi connectivity index (χ0) is 21.1. The highest BCUT2D eigenvalue weighted by molar-refractivity contribution is 7.80. The zero-order valence-electron chi connectivity index (χ0n) is 16.2. The monoisotopic (exact) mass is 417 g/mol. The van der Waals surface area contributed by atoms with Crippen LogP contribution in [0.4, 0.5) is 14.5 Å². The number of nitrogens with one attached hydrogen (secondary N) is 1. The van der Waals surface area contributed by atoms with Crippen LogP contribution in [0, 0.1) is 0 Å². The summed E-state index contributed by atoms with van der Waals surface area (Å²) >= 11 is 5.57. The van der Waals surface area contributed by atoms with Crippen LogP contribution in [0.15, 0.2) is 65.9 Å². The molecule has 3 rings (SSSR count). The van der Waals surface area contributed by atoms with E-state index in [2.05, 4.69) is 5.32 Å². The lowest BCUT2D eigenvalue weighted by Gasteiger charge is -2.38. The average Bonchev–Trinajstić information content (AvgIpc) is 2.68. The number of carbonyl (C=O) groups is 1. The zero-order valence-corrected chi connectivity index (χ0v) is 17.0. The molecule has 0 saturated heterocycles. The second-order valence-electron chi connectivity index (χ2n) is 6.67. The van der Waals surface area contributed by atoms with E-state index < -0.39 is 12.7 Å². The molecule has 0 aromatic heterocycles. The van der Waals surface area contributed by atoms with E-state index in [1.54, 1.807) is 44.1 Å². The number of hydrogen-bond donors (Lipinski definition) is 1. The van der Waals surface area contributed by atoms with Crippen LogP contribution in [-0.4, -0.2) is 36.6 Å². The summed E-state index contributed by atoms with van der Waals surface area (Å²) in [6, 6.07) is 15.1. The third kappa shape index (κ3) is 4.22. The van der Waals surface area contributed by atoms with E-state index in [9.17, 15) is 13.6 Å². The molecule has 29 heavy (non-hydrogen) atoms. The van der Waals surface area contributed by atoms with Crippen LogP contribution in [0.3, 0.4) is 0 Å². The lowest BCUT2D eigenvalue weighted by molar-refractivity contribution is -0.125. The van der Waals surface area contributed by atoms with Crippen molar-refractivity contribution in [3.8, 4) is 5.75 Å². The molecule has 8 heteroatoms. The average molecular weight is 417 g/mol. The van der Waals surface area contributed by atoms with Gasteiger partial charge in [0, 0.05) is 31.0 Å². The lowest BCUT2D eigenvalue weighted by Crippen LogP contribution is -2.49. The molecule has 1 N–H and O–H groups in total. The number of rotatable bonds is 5. The molecule has 152 valence electrons. The third-order valence-corrected chi connectivity index (χ3v) is 4.88. The molecule has 1 aliphatic heterocycles. The van der Waals surface area contributed by atoms with Crippen molar-refractivity contribution in [2.75, 3.05) is 19.0 Å². The van der Waals surface area contributed by atoms with E-state index in [0.29, 0.717) is 21.9 Å². The summed E-state index contributed by atoms with van der Waals surface area (Å²) in [5.74, 6) is -0.261. The predicted molar refractivity (Wildman–Crippen MR) is 112 cm³/mol. The van der Waals surface area contributed by atoms with Crippen molar-refractivity contribution >= 4 is 28.9 Å². The number of alkyl halides is 2. The van der Waals surface area contributed by atoms with Crippen LogP contribution < -0.4 is 15.0 Å². The summed E-state index contributed by atoms with van der Waals surface area (Å²) in [5, 5.41) is 3.50. The summed E-state index contributed by atoms with van der Waals surface area (Å²) in [6.07, 6.45) is 0. The van der Waals surface area contributed by atoms with Gasteiger partial charge in [-0.15, -0.1) is 0 Å². The fraction of sp³-hybridized carbons (Fsp3) is 0.238. The fourth-order valence-corrected chi connectivity index (χ4v) is 3.66. The minimum Gasteiger partial charge on any atom is -0.434 e. The quantitative estimate of drug-likeness (QED) is 0.743. The minimum absolute atomic E-state index is 0.00665. The molecule has 0 spiro atoms. The van der Waals surface area contributed by atoms with Crippen LogP contribution in [0.1, 0.15) is 18.5 Å². The topological polar surface area (TPSA) is 44.8 Å². The molecule has 1 aliphatic rings. The standard InChI is InChI=1S/C21H21F2N3O2S/c1-13-17(19(27)25(2)3)18(15-11-7-8-12-16(15)28-20(22)23)24-21(29)26(13)14-9-5-4-6-10-14/h4-12,18,20H,1-3H3,(H,24,29)/t18-/m1/s1. The number of hydrogen-bond acceptors (Lipinski definition) is 3. The molecule has 0 unspecified atom stereocenters. The minimum atomic E-state index is -2.98. The summed E-state index contributed by atoms with van der Waals surface area (Å²) in [6.45, 7) is -1.19. The SMILES string of the molecule is CC1=C(C(=O)N(C)C)[C@@H](c2ccccc2OC(F)F)NC(=S)N1c1ccccc1. The fourth-order valence-electron chi connectivity index (χ4n) is 3.30. The molecule has 1 heterocycles. The molecule has 0 fully saturated rings. The van der Waals surface area contributed by atoms with Crippen molar-refractivity contribution in [1.82, 2.24) is 10.2 Å². The first-order chi connectivity index (χ1) is 13.8. The van der Waals surface area contributed by atoms with Gasteiger partial charge in [-0.05, 0) is 37.3 Å². The van der Waals surface area contributed by atoms with Crippen LogP contribution in [-0.2, 0) is 4.79 Å². The Balaban J connectivity index is 2.17. The molecule has 0 aliphatic carbocycles. The lowest BCUT2D eigenvalue weighted by atomic mass is 9.93. The number of carbonyl (C=O) groups excluding carboxylic acids is 1. The highest BCUT2D eigenvalue weighted by Gasteiger charge is 2.36. The first-order valence-corrected chi connectivity index (χ1v) is 9.34. The van der Waals surface area contributed by atoms with Crippen molar-refractivity contribution in [1.29, 1.82) is 0 Å². The number of ether oxygens (including phenoxy) is 1. The van der Waals surface area contributed by atoms with Gasteiger partial charge in [0.25, 0.3) is 5.91 Å². The van der Waals surface area contributed by atoms with Crippen LogP contribution in [0.5, 0.6) is 5.75 Å². The van der Waals surface area contributed by atoms with E-state index in [4.69, 9.17) is 17.0 Å². The van der Waals surface area contributed by atoms with Crippen molar-refractivity contribution in [2.45, 2.75) is 19.6 Å². The molecule has 0 saturated carbocycles. The maximum absolute atomic E-state index is 13.1. The molecule has 2 aromatic carbocycles. The molecular weight excluding hydrogens is 396 g/mol. The van der Waals surface area contributed by atoms with Crippen molar-refractivity contribution in [3.63, 3.8) is 0 Å². The second kappa shape index (κ2) is 8.57. The van der Waals surface area contributed by atoms with E-state index in [0.717, 1.165) is 5.69 Å². The number of likely N-dealkylation sites (N-methyl/N-ethyl adjacent to an activating group) is 1. The Labute approximate surface area is 173 Å². The highest BCUT2D eigenvalue weighted by atomic mass is 32.1. The molecular formula is C21H21F2N3O2S. The highest BCUT2D eigenvalue weighted by Crippen LogP contribution is 2.38. The number of nitrogens with zero attached hydrogens (tertiary/aromatic N) is 2. The molecule has 1 atom stereocenters. The van der Waals surface area contributed by atoms with E-state index in [-0.39, 0.29) is 11.7 Å². The molecule has 0 bridgehead atoms. The Morgan fingerprint density at radius 3 is 2.38 bits per heavy atom. The van der Waals surface area contributed by atoms with Gasteiger partial charge < -0.3 is 15.0 Å². The van der Waals surface area contributed by atoms with E-state index in [1.807, 2.05) is 30.3 Å². The molecule has 0 radical (unpaired) electrons. The normalized spacial score (nSPS) is 16.7. The van der Waals surface area contributed by atoms with Gasteiger partial charge in [0.05, 0.1) is 11.6 Å². The molecule has 1 amide bonds. The van der Waals surface area contributed by atoms with Crippen molar-refractivity contribution < 1.29 is 18.3 Å². The Bertz CT molecular complexity index is 948.